The maximum atomic E-state index is 12.0. The summed E-state index contributed by atoms with van der Waals surface area (Å²) in [5.41, 5.74) is 0. The summed E-state index contributed by atoms with van der Waals surface area (Å²) in [6.07, 6.45) is 6.44. The molecule has 20 heavy (non-hydrogen) atoms. The van der Waals surface area contributed by atoms with E-state index >= 15 is 0 Å². The molecule has 2 aromatic rings. The van der Waals surface area contributed by atoms with Crippen molar-refractivity contribution in [3.63, 3.8) is 0 Å². The average Bonchev–Trinajstić information content (AvgIpc) is 3.13. The Bertz CT molecular complexity index is 584. The van der Waals surface area contributed by atoms with Gasteiger partial charge in [0.1, 0.15) is 5.37 Å². The maximum Gasteiger partial charge on any atom is 0.233 e. The van der Waals surface area contributed by atoms with Crippen LogP contribution < -0.4 is 0 Å². The highest BCUT2D eigenvalue weighted by Crippen LogP contribution is 2.42. The van der Waals surface area contributed by atoms with Crippen molar-refractivity contribution in [3.05, 3.63) is 40.1 Å². The number of amides is 1. The van der Waals surface area contributed by atoms with Crippen LogP contribution in [0.15, 0.2) is 30.9 Å². The van der Waals surface area contributed by atoms with E-state index in [4.69, 9.17) is 11.6 Å². The number of hydrogen-bond donors (Lipinski definition) is 0. The predicted molar refractivity (Wildman–Crippen MR) is 83.1 cm³/mol. The molecule has 3 rings (SSSR count). The molecule has 1 saturated heterocycles. The molecule has 0 radical (unpaired) electrons. The first kappa shape index (κ1) is 14.0. The molecule has 3 heterocycles. The second kappa shape index (κ2) is 6.20. The number of hydrogen-bond acceptors (Lipinski definition) is 4. The van der Waals surface area contributed by atoms with Crippen molar-refractivity contribution in [3.8, 4) is 0 Å². The molecule has 1 fully saturated rings. The summed E-state index contributed by atoms with van der Waals surface area (Å²) < 4.78 is 2.81. The highest BCUT2D eigenvalue weighted by atomic mass is 35.5. The van der Waals surface area contributed by atoms with Gasteiger partial charge in [0.15, 0.2) is 0 Å². The zero-order valence-corrected chi connectivity index (χ0v) is 13.1. The Kier molecular flexibility index (Phi) is 4.33. The molecule has 0 spiro atoms. The molecule has 0 N–H and O–H groups in total. The van der Waals surface area contributed by atoms with E-state index in [1.807, 2.05) is 27.8 Å². The van der Waals surface area contributed by atoms with Gasteiger partial charge in [-0.15, -0.1) is 23.1 Å². The van der Waals surface area contributed by atoms with Crippen LogP contribution in [0.3, 0.4) is 0 Å². The molecular weight excluding hydrogens is 314 g/mol. The van der Waals surface area contributed by atoms with Gasteiger partial charge in [-0.2, -0.15) is 0 Å². The van der Waals surface area contributed by atoms with Crippen molar-refractivity contribution in [2.24, 2.45) is 0 Å². The van der Waals surface area contributed by atoms with Crippen LogP contribution in [0.5, 0.6) is 0 Å². The molecule has 7 heteroatoms. The number of carbonyl (C=O) groups excluding carboxylic acids is 1. The predicted octanol–water partition coefficient (Wildman–Crippen LogP) is 3.26. The van der Waals surface area contributed by atoms with Crippen LogP contribution in [-0.4, -0.2) is 32.7 Å². The van der Waals surface area contributed by atoms with Crippen molar-refractivity contribution < 1.29 is 4.79 Å². The zero-order chi connectivity index (χ0) is 13.9. The molecule has 1 aliphatic rings. The highest BCUT2D eigenvalue weighted by Gasteiger charge is 2.33. The molecule has 1 amide bonds. The smallest absolute Gasteiger partial charge is 0.233 e. The standard InChI is InChI=1S/C13H14ClN3OS2/c14-11-3-2-10(20-11)13-17(12(18)8-19-13)6-1-5-16-7-4-15-9-16/h2-4,7,9,13H,1,5-6,8H2. The number of thioether (sulfide) groups is 1. The van der Waals surface area contributed by atoms with E-state index in [1.54, 1.807) is 35.6 Å². The average molecular weight is 328 g/mol. The lowest BCUT2D eigenvalue weighted by Gasteiger charge is -2.23. The summed E-state index contributed by atoms with van der Waals surface area (Å²) in [5.74, 6) is 0.779. The van der Waals surface area contributed by atoms with Crippen LogP contribution >= 0.6 is 34.7 Å². The number of nitrogens with zero attached hydrogens (tertiary/aromatic N) is 3. The number of aromatic nitrogens is 2. The van der Waals surface area contributed by atoms with E-state index in [0.29, 0.717) is 5.75 Å². The number of aryl methyl sites for hydroxylation is 1. The Morgan fingerprint density at radius 3 is 3.00 bits per heavy atom. The minimum atomic E-state index is 0.128. The third-order valence-electron chi connectivity index (χ3n) is 3.18. The van der Waals surface area contributed by atoms with Crippen LogP contribution in [0.4, 0.5) is 0 Å². The van der Waals surface area contributed by atoms with Gasteiger partial charge in [-0.25, -0.2) is 4.98 Å². The minimum absolute atomic E-state index is 0.128. The first-order chi connectivity index (χ1) is 9.74. The molecule has 0 saturated carbocycles. The van der Waals surface area contributed by atoms with Crippen LogP contribution in [-0.2, 0) is 11.3 Å². The fraction of sp³-hybridized carbons (Fsp3) is 0.385. The largest absolute Gasteiger partial charge is 0.337 e. The van der Waals surface area contributed by atoms with Gasteiger partial charge in [-0.05, 0) is 18.6 Å². The van der Waals surface area contributed by atoms with E-state index in [-0.39, 0.29) is 11.3 Å². The lowest BCUT2D eigenvalue weighted by Crippen LogP contribution is -2.29. The summed E-state index contributed by atoms with van der Waals surface area (Å²) in [4.78, 5) is 19.2. The van der Waals surface area contributed by atoms with Gasteiger partial charge >= 0.3 is 0 Å². The van der Waals surface area contributed by atoms with Gasteiger partial charge < -0.3 is 9.47 Å². The summed E-state index contributed by atoms with van der Waals surface area (Å²) in [6, 6.07) is 3.92. The number of thiophene rings is 1. The normalized spacial score (nSPS) is 18.9. The van der Waals surface area contributed by atoms with Crippen molar-refractivity contribution in [1.29, 1.82) is 0 Å². The zero-order valence-electron chi connectivity index (χ0n) is 10.7. The maximum absolute atomic E-state index is 12.0. The molecule has 1 unspecified atom stereocenters. The van der Waals surface area contributed by atoms with Gasteiger partial charge in [0, 0.05) is 30.4 Å². The second-order valence-electron chi connectivity index (χ2n) is 4.55. The van der Waals surface area contributed by atoms with Gasteiger partial charge in [0.05, 0.1) is 16.4 Å². The molecule has 1 aliphatic heterocycles. The summed E-state index contributed by atoms with van der Waals surface area (Å²) in [6.45, 7) is 1.65. The quantitative estimate of drug-likeness (QED) is 0.846. The van der Waals surface area contributed by atoms with Crippen molar-refractivity contribution in [2.75, 3.05) is 12.3 Å². The van der Waals surface area contributed by atoms with Gasteiger partial charge in [0.2, 0.25) is 5.91 Å². The lowest BCUT2D eigenvalue weighted by atomic mass is 10.3. The van der Waals surface area contributed by atoms with Crippen LogP contribution in [0.2, 0.25) is 4.34 Å². The minimum Gasteiger partial charge on any atom is -0.337 e. The molecular formula is C13H14ClN3OS2. The molecule has 0 aliphatic carbocycles. The Morgan fingerprint density at radius 1 is 1.40 bits per heavy atom. The number of imidazole rings is 1. The van der Waals surface area contributed by atoms with E-state index in [0.717, 1.165) is 28.7 Å². The topological polar surface area (TPSA) is 38.1 Å². The van der Waals surface area contributed by atoms with Crippen molar-refractivity contribution >= 4 is 40.6 Å². The number of rotatable bonds is 5. The fourth-order valence-electron chi connectivity index (χ4n) is 2.24. The van der Waals surface area contributed by atoms with Gasteiger partial charge in [0.25, 0.3) is 0 Å². The first-order valence-corrected chi connectivity index (χ1v) is 8.60. The third-order valence-corrected chi connectivity index (χ3v) is 5.85. The fourth-order valence-corrected chi connectivity index (χ4v) is 4.75. The Balaban J connectivity index is 1.62. The molecule has 2 aromatic heterocycles. The molecule has 4 nitrogen and oxygen atoms in total. The second-order valence-corrected chi connectivity index (χ2v) is 7.36. The number of carbonyl (C=O) groups is 1. The SMILES string of the molecule is O=C1CSC(c2ccc(Cl)s2)N1CCCn1ccnc1. The van der Waals surface area contributed by atoms with Crippen LogP contribution in [0, 0.1) is 0 Å². The summed E-state index contributed by atoms with van der Waals surface area (Å²) in [5, 5.41) is 0.128. The first-order valence-electron chi connectivity index (χ1n) is 6.36. The van der Waals surface area contributed by atoms with E-state index < -0.39 is 0 Å². The Labute approximate surface area is 130 Å². The Morgan fingerprint density at radius 2 is 2.30 bits per heavy atom. The summed E-state index contributed by atoms with van der Waals surface area (Å²) in [7, 11) is 0. The monoisotopic (exact) mass is 327 g/mol. The lowest BCUT2D eigenvalue weighted by molar-refractivity contribution is -0.128. The van der Waals surface area contributed by atoms with Crippen LogP contribution in [0.25, 0.3) is 0 Å². The molecule has 0 bridgehead atoms. The van der Waals surface area contributed by atoms with Gasteiger partial charge in [-0.1, -0.05) is 11.6 Å². The van der Waals surface area contributed by atoms with Crippen LogP contribution in [0.1, 0.15) is 16.7 Å². The molecule has 0 aromatic carbocycles. The van der Waals surface area contributed by atoms with E-state index in [9.17, 15) is 4.79 Å². The van der Waals surface area contributed by atoms with Crippen molar-refractivity contribution in [2.45, 2.75) is 18.3 Å². The van der Waals surface area contributed by atoms with Gasteiger partial charge in [-0.3, -0.25) is 4.79 Å². The molecule has 1 atom stereocenters. The number of halogens is 1. The highest BCUT2D eigenvalue weighted by molar-refractivity contribution is 8.00. The van der Waals surface area contributed by atoms with E-state index in [2.05, 4.69) is 4.98 Å². The Hall–Kier alpha value is -0.980. The van der Waals surface area contributed by atoms with E-state index in [1.165, 1.54) is 0 Å². The molecule has 106 valence electrons. The summed E-state index contributed by atoms with van der Waals surface area (Å²) >= 11 is 9.23. The van der Waals surface area contributed by atoms with Crippen molar-refractivity contribution in [1.82, 2.24) is 14.5 Å². The third kappa shape index (κ3) is 3.02.